The molecule has 0 aromatic heterocycles. The minimum absolute atomic E-state index is 0.000802. The third-order valence-electron chi connectivity index (χ3n) is 9.72. The van der Waals surface area contributed by atoms with Gasteiger partial charge >= 0.3 is 18.3 Å². The largest absolute Gasteiger partial charge is 0.491 e. The highest BCUT2D eigenvalue weighted by Gasteiger charge is 2.56. The standard InChI is InChI=1S/C39H69N5O16/c1-36(2,3)58-33(51)42-22-13-12-21(16-40-15-20(47)17-45)56-29(22)26-23(43-34(52)59-37(4,5)6)14-24(41-25(48)18-46)30(27(26)49)57-32-28(50)31(39(10,54)19-55-32)44(11)35(53)60-38(7,8)9/h12,20,22-24,26-32,40,45-47,49-50,54H,13-19H2,1-11H3,(H,41,48)(H,42,51)(H,43,52)/t20?,22-,23+,24-,26-,27+,28-,29?,30+,31-,32-,39+/m1/s1. The Morgan fingerprint density at radius 3 is 1.98 bits per heavy atom. The third-order valence-corrected chi connectivity index (χ3v) is 9.72. The van der Waals surface area contributed by atoms with Crippen LogP contribution < -0.4 is 21.3 Å². The maximum Gasteiger partial charge on any atom is 0.410 e. The lowest BCUT2D eigenvalue weighted by Crippen LogP contribution is -2.71. The van der Waals surface area contributed by atoms with Crippen LogP contribution in [0.1, 0.15) is 82.1 Å². The van der Waals surface area contributed by atoms with Gasteiger partial charge in [-0.2, -0.15) is 0 Å². The Balaban J connectivity index is 2.12. The van der Waals surface area contributed by atoms with Crippen LogP contribution in [0.3, 0.4) is 0 Å². The number of amides is 4. The molecule has 346 valence electrons. The third kappa shape index (κ3) is 14.8. The summed E-state index contributed by atoms with van der Waals surface area (Å²) >= 11 is 0. The van der Waals surface area contributed by atoms with Gasteiger partial charge < -0.3 is 85.2 Å². The van der Waals surface area contributed by atoms with E-state index in [0.717, 1.165) is 4.90 Å². The van der Waals surface area contributed by atoms with Gasteiger partial charge in [0.15, 0.2) is 6.29 Å². The lowest BCUT2D eigenvalue weighted by Gasteiger charge is -2.52. The summed E-state index contributed by atoms with van der Waals surface area (Å²) < 4.78 is 35.2. The van der Waals surface area contributed by atoms with E-state index >= 15 is 0 Å². The highest BCUT2D eigenvalue weighted by Crippen LogP contribution is 2.39. The number of nitrogens with zero attached hydrogens (tertiary/aromatic N) is 1. The van der Waals surface area contributed by atoms with Crippen molar-refractivity contribution in [2.75, 3.05) is 40.0 Å². The molecule has 3 aliphatic rings. The second-order valence-corrected chi connectivity index (χ2v) is 18.8. The number of likely N-dealkylation sites (N-methyl/N-ethyl adjacent to an activating group) is 1. The SMILES string of the molecule is CN(C(=O)OC(C)(C)C)[C@@H]1[C@@H](O)[C@@H](O[C@@H]2[C@@H](O)[C@H](C3OC(CNCC(O)CO)=CC[C@H]3NC(=O)OC(C)(C)C)[C@@H](NC(=O)OC(C)(C)C)C[C@H]2NC(=O)CO)OC[C@]1(C)O. The zero-order valence-corrected chi connectivity index (χ0v) is 36.6. The first-order valence-corrected chi connectivity index (χ1v) is 20.1. The summed E-state index contributed by atoms with van der Waals surface area (Å²) in [5.74, 6) is -1.75. The highest BCUT2D eigenvalue weighted by atomic mass is 16.7. The van der Waals surface area contributed by atoms with E-state index in [2.05, 4.69) is 21.3 Å². The van der Waals surface area contributed by atoms with E-state index in [1.807, 2.05) is 0 Å². The fourth-order valence-corrected chi connectivity index (χ4v) is 7.37. The van der Waals surface area contributed by atoms with Crippen molar-refractivity contribution < 1.29 is 78.2 Å². The summed E-state index contributed by atoms with van der Waals surface area (Å²) in [6, 6.07) is -4.59. The van der Waals surface area contributed by atoms with Crippen LogP contribution in [-0.4, -0.2) is 183 Å². The number of aliphatic hydroxyl groups excluding tert-OH is 5. The smallest absolute Gasteiger partial charge is 0.410 e. The van der Waals surface area contributed by atoms with Gasteiger partial charge in [-0.25, -0.2) is 14.4 Å². The molecule has 21 heteroatoms. The minimum atomic E-state index is -1.83. The summed E-state index contributed by atoms with van der Waals surface area (Å²) in [5.41, 5.74) is -4.59. The topological polar surface area (TPSA) is 296 Å². The fourth-order valence-electron chi connectivity index (χ4n) is 7.37. The van der Waals surface area contributed by atoms with Gasteiger partial charge in [0.05, 0.1) is 50.1 Å². The van der Waals surface area contributed by atoms with Crippen molar-refractivity contribution in [3.05, 3.63) is 11.8 Å². The number of carbonyl (C=O) groups excluding carboxylic acids is 4. The van der Waals surface area contributed by atoms with Crippen LogP contribution in [-0.2, 0) is 33.2 Å². The average molecular weight is 864 g/mol. The quantitative estimate of drug-likeness (QED) is 0.103. The van der Waals surface area contributed by atoms with E-state index in [0.29, 0.717) is 5.76 Å². The monoisotopic (exact) mass is 863 g/mol. The van der Waals surface area contributed by atoms with Crippen molar-refractivity contribution in [1.82, 2.24) is 26.2 Å². The molecule has 60 heavy (non-hydrogen) atoms. The first-order chi connectivity index (χ1) is 27.6. The lowest BCUT2D eigenvalue weighted by molar-refractivity contribution is -0.305. The Morgan fingerprint density at radius 2 is 1.45 bits per heavy atom. The number of aliphatic hydroxyl groups is 6. The lowest BCUT2D eigenvalue weighted by atomic mass is 9.72. The van der Waals surface area contributed by atoms with Crippen molar-refractivity contribution in [1.29, 1.82) is 0 Å². The molecule has 1 aliphatic carbocycles. The number of carbonyl (C=O) groups is 4. The summed E-state index contributed by atoms with van der Waals surface area (Å²) in [5, 5.41) is 75.7. The maximum atomic E-state index is 13.4. The molecule has 2 unspecified atom stereocenters. The van der Waals surface area contributed by atoms with Crippen molar-refractivity contribution in [2.24, 2.45) is 5.92 Å². The predicted molar refractivity (Wildman–Crippen MR) is 212 cm³/mol. The zero-order chi connectivity index (χ0) is 45.5. The molecule has 2 aliphatic heterocycles. The van der Waals surface area contributed by atoms with Crippen molar-refractivity contribution in [3.8, 4) is 0 Å². The molecular formula is C39H69N5O16. The van der Waals surface area contributed by atoms with Crippen LogP contribution in [0, 0.1) is 5.92 Å². The molecule has 2 fully saturated rings. The van der Waals surface area contributed by atoms with E-state index in [1.165, 1.54) is 14.0 Å². The van der Waals surface area contributed by atoms with Crippen LogP contribution in [0.25, 0.3) is 0 Å². The molecule has 2 heterocycles. The van der Waals surface area contributed by atoms with Gasteiger partial charge in [-0.15, -0.1) is 0 Å². The van der Waals surface area contributed by atoms with Gasteiger partial charge in [0, 0.05) is 25.6 Å². The summed E-state index contributed by atoms with van der Waals surface area (Å²) in [4.78, 5) is 53.6. The molecule has 0 aromatic rings. The fraction of sp³-hybridized carbons (Fsp3) is 0.846. The second kappa shape index (κ2) is 20.6. The van der Waals surface area contributed by atoms with E-state index in [-0.39, 0.29) is 25.9 Å². The van der Waals surface area contributed by atoms with Crippen LogP contribution in [0.2, 0.25) is 0 Å². The van der Waals surface area contributed by atoms with Gasteiger partial charge in [0.2, 0.25) is 5.91 Å². The Labute approximate surface area is 351 Å². The van der Waals surface area contributed by atoms with E-state index < -0.39 is 133 Å². The molecule has 3 rings (SSSR count). The Kier molecular flexibility index (Phi) is 17.4. The average Bonchev–Trinajstić information content (AvgIpc) is 3.08. The number of hydrogen-bond acceptors (Lipinski definition) is 17. The van der Waals surface area contributed by atoms with E-state index in [9.17, 15) is 49.8 Å². The summed E-state index contributed by atoms with van der Waals surface area (Å²) in [7, 11) is 1.32. The number of hydrogen-bond donors (Lipinski definition) is 10. The number of nitrogens with one attached hydrogen (secondary N) is 4. The number of ether oxygens (including phenoxy) is 6. The molecule has 0 aromatic carbocycles. The van der Waals surface area contributed by atoms with Crippen molar-refractivity contribution in [2.45, 2.75) is 165 Å². The Bertz CT molecular complexity index is 1490. The van der Waals surface area contributed by atoms with Crippen molar-refractivity contribution >= 4 is 24.2 Å². The maximum absolute atomic E-state index is 13.4. The normalized spacial score (nSPS) is 31.7. The van der Waals surface area contributed by atoms with Crippen molar-refractivity contribution in [3.63, 3.8) is 0 Å². The molecule has 21 nitrogen and oxygen atoms in total. The van der Waals surface area contributed by atoms with Crippen LogP contribution in [0.4, 0.5) is 14.4 Å². The minimum Gasteiger partial charge on any atom is -0.491 e. The highest BCUT2D eigenvalue weighted by molar-refractivity contribution is 5.77. The van der Waals surface area contributed by atoms with Crippen LogP contribution >= 0.6 is 0 Å². The second-order valence-electron chi connectivity index (χ2n) is 18.8. The van der Waals surface area contributed by atoms with Gasteiger partial charge in [-0.05, 0) is 88.2 Å². The van der Waals surface area contributed by atoms with Gasteiger partial charge in [0.25, 0.3) is 0 Å². The molecule has 0 bridgehead atoms. The molecule has 4 amide bonds. The van der Waals surface area contributed by atoms with E-state index in [1.54, 1.807) is 68.4 Å². The Hall–Kier alpha value is -3.54. The molecule has 0 spiro atoms. The van der Waals surface area contributed by atoms with Crippen LogP contribution in [0.5, 0.6) is 0 Å². The summed E-state index contributed by atoms with van der Waals surface area (Å²) in [6.07, 6.45) is -9.86. The van der Waals surface area contributed by atoms with E-state index in [4.69, 9.17) is 28.4 Å². The van der Waals surface area contributed by atoms with Gasteiger partial charge in [0.1, 0.15) is 53.1 Å². The molecule has 1 saturated heterocycles. The molecular weight excluding hydrogens is 794 g/mol. The molecule has 12 atom stereocenters. The number of alkyl carbamates (subject to hydrolysis) is 2. The first-order valence-electron chi connectivity index (χ1n) is 20.1. The van der Waals surface area contributed by atoms with Gasteiger partial charge in [-0.3, -0.25) is 4.79 Å². The Morgan fingerprint density at radius 1 is 0.883 bits per heavy atom. The number of rotatable bonds is 13. The first kappa shape index (κ1) is 50.8. The summed E-state index contributed by atoms with van der Waals surface area (Å²) in [6.45, 7) is 14.4. The zero-order valence-electron chi connectivity index (χ0n) is 36.6. The van der Waals surface area contributed by atoms with Crippen LogP contribution in [0.15, 0.2) is 11.8 Å². The molecule has 10 N–H and O–H groups in total. The molecule has 0 radical (unpaired) electrons. The van der Waals surface area contributed by atoms with Gasteiger partial charge in [-0.1, -0.05) is 0 Å². The predicted octanol–water partition coefficient (Wildman–Crippen LogP) is -0.665. The molecule has 1 saturated carbocycles.